The molecule has 1 amide bonds. The molecule has 0 spiro atoms. The summed E-state index contributed by atoms with van der Waals surface area (Å²) in [4.78, 5) is 31.6. The number of carbonyl (C=O) groups is 2. The maximum Gasteiger partial charge on any atom is 0.358 e. The number of esters is 1. The summed E-state index contributed by atoms with van der Waals surface area (Å²) in [6, 6.07) is 13.5. The molecule has 2 heterocycles. The SMILES string of the molecule is C[C@@H](OC(=O)c1csc(-c2cccs2)n1)C(=O)N(C)Cc1ccccc1. The van der Waals surface area contributed by atoms with Crippen molar-refractivity contribution in [1.82, 2.24) is 9.88 Å². The van der Waals surface area contributed by atoms with Crippen LogP contribution in [0.15, 0.2) is 53.2 Å². The van der Waals surface area contributed by atoms with Gasteiger partial charge in [0.2, 0.25) is 0 Å². The fourth-order valence-corrected chi connectivity index (χ4v) is 4.00. The third kappa shape index (κ3) is 4.36. The van der Waals surface area contributed by atoms with Gasteiger partial charge in [0, 0.05) is 19.0 Å². The number of hydrogen-bond acceptors (Lipinski definition) is 6. The predicted octanol–water partition coefficient (Wildman–Crippen LogP) is 4.08. The van der Waals surface area contributed by atoms with Crippen LogP contribution >= 0.6 is 22.7 Å². The smallest absolute Gasteiger partial charge is 0.358 e. The van der Waals surface area contributed by atoms with Crippen LogP contribution in [-0.2, 0) is 16.1 Å². The molecule has 2 aromatic heterocycles. The van der Waals surface area contributed by atoms with E-state index in [2.05, 4.69) is 4.98 Å². The number of aromatic nitrogens is 1. The Hall–Kier alpha value is -2.51. The molecule has 0 N–H and O–H groups in total. The first kappa shape index (κ1) is 18.3. The summed E-state index contributed by atoms with van der Waals surface area (Å²) in [6.07, 6.45) is -0.872. The van der Waals surface area contributed by atoms with Crippen LogP contribution in [0.2, 0.25) is 0 Å². The normalized spacial score (nSPS) is 11.8. The molecular formula is C19H18N2O3S2. The Labute approximate surface area is 159 Å². The second-order valence-electron chi connectivity index (χ2n) is 5.74. The van der Waals surface area contributed by atoms with Crippen LogP contribution in [-0.4, -0.2) is 34.9 Å². The number of benzene rings is 1. The van der Waals surface area contributed by atoms with Gasteiger partial charge in [0.25, 0.3) is 5.91 Å². The molecule has 0 aliphatic carbocycles. The van der Waals surface area contributed by atoms with Gasteiger partial charge in [-0.05, 0) is 23.9 Å². The molecule has 5 nitrogen and oxygen atoms in total. The van der Waals surface area contributed by atoms with Crippen molar-refractivity contribution < 1.29 is 14.3 Å². The van der Waals surface area contributed by atoms with Gasteiger partial charge in [-0.15, -0.1) is 22.7 Å². The zero-order valence-electron chi connectivity index (χ0n) is 14.4. The molecule has 0 aliphatic heterocycles. The van der Waals surface area contributed by atoms with Crippen molar-refractivity contribution >= 4 is 34.6 Å². The fraction of sp³-hybridized carbons (Fsp3) is 0.211. The van der Waals surface area contributed by atoms with E-state index in [1.54, 1.807) is 35.6 Å². The van der Waals surface area contributed by atoms with Crippen LogP contribution in [0.1, 0.15) is 23.0 Å². The van der Waals surface area contributed by atoms with Crippen molar-refractivity contribution in [3.63, 3.8) is 0 Å². The number of thiazole rings is 1. The maximum absolute atomic E-state index is 12.4. The average molecular weight is 386 g/mol. The lowest BCUT2D eigenvalue weighted by atomic mass is 10.2. The maximum atomic E-state index is 12.4. The van der Waals surface area contributed by atoms with Crippen molar-refractivity contribution in [3.05, 3.63) is 64.5 Å². The third-order valence-electron chi connectivity index (χ3n) is 3.72. The highest BCUT2D eigenvalue weighted by Crippen LogP contribution is 2.28. The molecule has 0 fully saturated rings. The van der Waals surface area contributed by atoms with Gasteiger partial charge < -0.3 is 9.64 Å². The number of ether oxygens (including phenoxy) is 1. The summed E-state index contributed by atoms with van der Waals surface area (Å²) in [5.74, 6) is -0.839. The molecule has 26 heavy (non-hydrogen) atoms. The van der Waals surface area contributed by atoms with Gasteiger partial charge in [0.05, 0.1) is 4.88 Å². The van der Waals surface area contributed by atoms with E-state index in [0.29, 0.717) is 6.54 Å². The molecule has 134 valence electrons. The Kier molecular flexibility index (Phi) is 5.80. The first-order chi connectivity index (χ1) is 12.5. The van der Waals surface area contributed by atoms with Crippen molar-refractivity contribution in [2.45, 2.75) is 19.6 Å². The molecule has 0 radical (unpaired) electrons. The first-order valence-corrected chi connectivity index (χ1v) is 9.80. The zero-order valence-corrected chi connectivity index (χ0v) is 16.0. The molecule has 0 saturated carbocycles. The number of rotatable bonds is 6. The van der Waals surface area contributed by atoms with E-state index in [0.717, 1.165) is 15.4 Å². The lowest BCUT2D eigenvalue weighted by Gasteiger charge is -2.21. The number of carbonyl (C=O) groups excluding carboxylic acids is 2. The van der Waals surface area contributed by atoms with Gasteiger partial charge >= 0.3 is 5.97 Å². The molecule has 0 bridgehead atoms. The van der Waals surface area contributed by atoms with Crippen molar-refractivity contribution in [1.29, 1.82) is 0 Å². The van der Waals surface area contributed by atoms with E-state index in [9.17, 15) is 9.59 Å². The number of thiophene rings is 1. The predicted molar refractivity (Wildman–Crippen MR) is 103 cm³/mol. The van der Waals surface area contributed by atoms with E-state index in [1.165, 1.54) is 11.3 Å². The quantitative estimate of drug-likeness (QED) is 0.599. The van der Waals surface area contributed by atoms with Gasteiger partial charge in [-0.1, -0.05) is 36.4 Å². The van der Waals surface area contributed by atoms with E-state index in [1.807, 2.05) is 47.8 Å². The molecule has 3 aromatic rings. The van der Waals surface area contributed by atoms with Gasteiger partial charge in [0.1, 0.15) is 5.01 Å². The molecular weight excluding hydrogens is 368 g/mol. The molecule has 0 unspecified atom stereocenters. The first-order valence-electron chi connectivity index (χ1n) is 8.04. The van der Waals surface area contributed by atoms with Crippen LogP contribution in [0.3, 0.4) is 0 Å². The highest BCUT2D eigenvalue weighted by molar-refractivity contribution is 7.20. The van der Waals surface area contributed by atoms with Gasteiger partial charge in [0.15, 0.2) is 11.8 Å². The van der Waals surface area contributed by atoms with Crippen molar-refractivity contribution in [3.8, 4) is 9.88 Å². The molecule has 3 rings (SSSR count). The summed E-state index contributed by atoms with van der Waals surface area (Å²) in [5.41, 5.74) is 1.24. The fourth-order valence-electron chi connectivity index (χ4n) is 2.40. The highest BCUT2D eigenvalue weighted by Gasteiger charge is 2.23. The topological polar surface area (TPSA) is 59.5 Å². The minimum Gasteiger partial charge on any atom is -0.448 e. The van der Waals surface area contributed by atoms with E-state index in [4.69, 9.17) is 4.74 Å². The van der Waals surface area contributed by atoms with Crippen LogP contribution in [0.4, 0.5) is 0 Å². The Balaban J connectivity index is 1.59. The third-order valence-corrected chi connectivity index (χ3v) is 5.60. The molecule has 1 atom stereocenters. The minimum atomic E-state index is -0.872. The molecule has 1 aromatic carbocycles. The summed E-state index contributed by atoms with van der Waals surface area (Å²) in [6.45, 7) is 2.04. The van der Waals surface area contributed by atoms with Crippen LogP contribution in [0.5, 0.6) is 0 Å². The number of nitrogens with zero attached hydrogens (tertiary/aromatic N) is 2. The minimum absolute atomic E-state index is 0.226. The standard InChI is InChI=1S/C19H18N2O3S2/c1-13(18(22)21(2)11-14-7-4-3-5-8-14)24-19(23)15-12-26-17(20-15)16-9-6-10-25-16/h3-10,12-13H,11H2,1-2H3/t13-/m1/s1. The lowest BCUT2D eigenvalue weighted by molar-refractivity contribution is -0.139. The van der Waals surface area contributed by atoms with Crippen LogP contribution in [0.25, 0.3) is 9.88 Å². The lowest BCUT2D eigenvalue weighted by Crippen LogP contribution is -2.37. The summed E-state index contributed by atoms with van der Waals surface area (Å²) in [7, 11) is 1.69. The number of likely N-dealkylation sites (N-methyl/N-ethyl adjacent to an activating group) is 1. The Bertz CT molecular complexity index is 875. The monoisotopic (exact) mass is 386 g/mol. The largest absolute Gasteiger partial charge is 0.448 e. The number of amides is 1. The van der Waals surface area contributed by atoms with Gasteiger partial charge in [-0.3, -0.25) is 4.79 Å². The van der Waals surface area contributed by atoms with E-state index >= 15 is 0 Å². The van der Waals surface area contributed by atoms with Crippen LogP contribution < -0.4 is 0 Å². The molecule has 0 aliphatic rings. The molecule has 7 heteroatoms. The van der Waals surface area contributed by atoms with E-state index < -0.39 is 12.1 Å². The Morgan fingerprint density at radius 2 is 1.92 bits per heavy atom. The summed E-state index contributed by atoms with van der Waals surface area (Å²) >= 11 is 2.94. The van der Waals surface area contributed by atoms with E-state index in [-0.39, 0.29) is 11.6 Å². The summed E-state index contributed by atoms with van der Waals surface area (Å²) < 4.78 is 5.31. The van der Waals surface area contributed by atoms with Gasteiger partial charge in [-0.25, -0.2) is 9.78 Å². The highest BCUT2D eigenvalue weighted by atomic mass is 32.1. The van der Waals surface area contributed by atoms with Crippen LogP contribution in [0, 0.1) is 0 Å². The summed E-state index contributed by atoms with van der Waals surface area (Å²) in [5, 5.41) is 4.38. The average Bonchev–Trinajstić information content (AvgIpc) is 3.33. The van der Waals surface area contributed by atoms with Gasteiger partial charge in [-0.2, -0.15) is 0 Å². The number of hydrogen-bond donors (Lipinski definition) is 0. The van der Waals surface area contributed by atoms with Crippen molar-refractivity contribution in [2.75, 3.05) is 7.05 Å². The second-order valence-corrected chi connectivity index (χ2v) is 7.55. The van der Waals surface area contributed by atoms with Crippen molar-refractivity contribution in [2.24, 2.45) is 0 Å². The Morgan fingerprint density at radius 3 is 2.62 bits per heavy atom. The Morgan fingerprint density at radius 1 is 1.15 bits per heavy atom. The molecule has 0 saturated heterocycles. The zero-order chi connectivity index (χ0) is 18.5. The second kappa shape index (κ2) is 8.25.